The van der Waals surface area contributed by atoms with Crippen molar-refractivity contribution in [2.24, 2.45) is 11.8 Å². The quantitative estimate of drug-likeness (QED) is 0.800. The van der Waals surface area contributed by atoms with Crippen molar-refractivity contribution in [1.29, 1.82) is 0 Å². The fraction of sp³-hybridized carbons (Fsp3) is 0.700. The number of hydrogen-bond donors (Lipinski definition) is 2. The summed E-state index contributed by atoms with van der Waals surface area (Å²) >= 11 is 1.56. The maximum atomic E-state index is 5.65. The zero-order chi connectivity index (χ0) is 9.54. The van der Waals surface area contributed by atoms with Crippen LogP contribution in [0.5, 0.6) is 0 Å². The van der Waals surface area contributed by atoms with Gasteiger partial charge in [0.15, 0.2) is 5.13 Å². The molecule has 3 N–H and O–H groups in total. The number of thiazole rings is 1. The second-order valence-electron chi connectivity index (χ2n) is 4.41. The molecule has 2 saturated carbocycles. The minimum Gasteiger partial charge on any atom is -0.389 e. The molecule has 0 aliphatic heterocycles. The van der Waals surface area contributed by atoms with Gasteiger partial charge in [0, 0.05) is 6.04 Å². The second kappa shape index (κ2) is 3.12. The average Bonchev–Trinajstić information content (AvgIpc) is 3.04. The predicted octanol–water partition coefficient (Wildman–Crippen LogP) is 2.33. The molecule has 0 radical (unpaired) electrons. The zero-order valence-corrected chi connectivity index (χ0v) is 8.89. The maximum Gasteiger partial charge on any atom is 0.184 e. The first-order valence-electron chi connectivity index (χ1n) is 5.31. The first-order valence-corrected chi connectivity index (χ1v) is 6.12. The van der Waals surface area contributed by atoms with Crippen LogP contribution in [0.15, 0.2) is 6.20 Å². The summed E-state index contributed by atoms with van der Waals surface area (Å²) in [4.78, 5) is 4.26. The third kappa shape index (κ3) is 1.71. The molecule has 2 aliphatic carbocycles. The van der Waals surface area contributed by atoms with Crippen molar-refractivity contribution in [3.8, 4) is 0 Å². The smallest absolute Gasteiger partial charge is 0.184 e. The van der Waals surface area contributed by atoms with Crippen LogP contribution < -0.4 is 11.1 Å². The number of nitrogens with one attached hydrogen (secondary N) is 1. The molecule has 3 rings (SSSR count). The topological polar surface area (TPSA) is 50.9 Å². The Bertz CT molecular complexity index is 316. The summed E-state index contributed by atoms with van der Waals surface area (Å²) < 4.78 is 0. The van der Waals surface area contributed by atoms with Crippen LogP contribution in [0.3, 0.4) is 0 Å². The highest BCUT2D eigenvalue weighted by molar-refractivity contribution is 7.19. The Labute approximate surface area is 87.7 Å². The van der Waals surface area contributed by atoms with Crippen LogP contribution in [0.2, 0.25) is 0 Å². The van der Waals surface area contributed by atoms with Gasteiger partial charge in [0.25, 0.3) is 0 Å². The molecule has 3 nitrogen and oxygen atoms in total. The summed E-state index contributed by atoms with van der Waals surface area (Å²) in [7, 11) is 0. The van der Waals surface area contributed by atoms with Crippen LogP contribution in [0.25, 0.3) is 0 Å². The molecule has 76 valence electrons. The third-order valence-corrected chi connectivity index (χ3v) is 3.83. The van der Waals surface area contributed by atoms with E-state index in [1.165, 1.54) is 25.7 Å². The largest absolute Gasteiger partial charge is 0.389 e. The van der Waals surface area contributed by atoms with Crippen LogP contribution in [-0.4, -0.2) is 11.0 Å². The maximum absolute atomic E-state index is 5.65. The minimum absolute atomic E-state index is 0.681. The number of hydrogen-bond acceptors (Lipinski definition) is 4. The van der Waals surface area contributed by atoms with Crippen LogP contribution in [0.1, 0.15) is 25.7 Å². The van der Waals surface area contributed by atoms with Crippen LogP contribution in [0.4, 0.5) is 10.1 Å². The van der Waals surface area contributed by atoms with Gasteiger partial charge in [-0.25, -0.2) is 4.98 Å². The highest BCUT2D eigenvalue weighted by Gasteiger charge is 2.41. The molecule has 1 heterocycles. The van der Waals surface area contributed by atoms with Gasteiger partial charge in [-0.2, -0.15) is 0 Å². The van der Waals surface area contributed by atoms with Crippen LogP contribution in [-0.2, 0) is 0 Å². The second-order valence-corrected chi connectivity index (χ2v) is 5.47. The van der Waals surface area contributed by atoms with Gasteiger partial charge in [-0.15, -0.1) is 0 Å². The summed E-state index contributed by atoms with van der Waals surface area (Å²) in [6, 6.07) is 0.681. The van der Waals surface area contributed by atoms with E-state index in [-0.39, 0.29) is 0 Å². The molecule has 1 aromatic heterocycles. The van der Waals surface area contributed by atoms with E-state index in [1.807, 2.05) is 0 Å². The van der Waals surface area contributed by atoms with Gasteiger partial charge in [-0.1, -0.05) is 11.3 Å². The molecular formula is C10H15N3S. The Morgan fingerprint density at radius 2 is 2.00 bits per heavy atom. The Morgan fingerprint density at radius 3 is 2.43 bits per heavy atom. The molecule has 2 fully saturated rings. The fourth-order valence-electron chi connectivity index (χ4n) is 2.03. The average molecular weight is 209 g/mol. The molecule has 14 heavy (non-hydrogen) atoms. The number of nitrogen functional groups attached to an aromatic ring is 1. The van der Waals surface area contributed by atoms with E-state index in [9.17, 15) is 0 Å². The highest BCUT2D eigenvalue weighted by Crippen LogP contribution is 2.46. The van der Waals surface area contributed by atoms with Crippen LogP contribution in [0, 0.1) is 11.8 Å². The zero-order valence-electron chi connectivity index (χ0n) is 8.07. The van der Waals surface area contributed by atoms with E-state index in [4.69, 9.17) is 5.73 Å². The third-order valence-electron chi connectivity index (χ3n) is 3.07. The van der Waals surface area contributed by atoms with E-state index in [0.29, 0.717) is 6.04 Å². The van der Waals surface area contributed by atoms with E-state index < -0.39 is 0 Å². The predicted molar refractivity (Wildman–Crippen MR) is 59.4 cm³/mol. The molecule has 0 spiro atoms. The fourth-order valence-corrected chi connectivity index (χ4v) is 2.66. The van der Waals surface area contributed by atoms with Gasteiger partial charge < -0.3 is 11.1 Å². The number of rotatable bonds is 4. The first-order chi connectivity index (χ1) is 6.83. The summed E-state index contributed by atoms with van der Waals surface area (Å²) in [6.45, 7) is 0. The molecule has 4 heteroatoms. The van der Waals surface area contributed by atoms with Gasteiger partial charge >= 0.3 is 0 Å². The Kier molecular flexibility index (Phi) is 1.90. The number of nitrogens with two attached hydrogens (primary N) is 1. The molecule has 1 aromatic rings. The molecule has 0 unspecified atom stereocenters. The summed E-state index contributed by atoms with van der Waals surface area (Å²) in [5, 5.41) is 5.36. The van der Waals surface area contributed by atoms with Gasteiger partial charge in [0.05, 0.1) is 6.20 Å². The Morgan fingerprint density at radius 1 is 1.36 bits per heavy atom. The summed E-state index contributed by atoms with van der Waals surface area (Å²) in [5.74, 6) is 1.82. The lowest BCUT2D eigenvalue weighted by Gasteiger charge is -2.16. The standard InChI is InChI=1S/C10H15N3S/c11-8-5-12-10(14-8)13-9(6-1-2-6)7-3-4-7/h5-7,9H,1-4,11H2,(H,12,13). The van der Waals surface area contributed by atoms with E-state index in [2.05, 4.69) is 10.3 Å². The Hall–Kier alpha value is -0.770. The van der Waals surface area contributed by atoms with Crippen LogP contribution >= 0.6 is 11.3 Å². The molecule has 0 aromatic carbocycles. The molecular weight excluding hydrogens is 194 g/mol. The van der Waals surface area contributed by atoms with Crippen molar-refractivity contribution in [3.63, 3.8) is 0 Å². The lowest BCUT2D eigenvalue weighted by molar-refractivity contribution is 0.567. The van der Waals surface area contributed by atoms with E-state index >= 15 is 0 Å². The number of aromatic nitrogens is 1. The lowest BCUT2D eigenvalue weighted by atomic mass is 10.1. The monoisotopic (exact) mass is 209 g/mol. The van der Waals surface area contributed by atoms with E-state index in [0.717, 1.165) is 22.0 Å². The van der Waals surface area contributed by atoms with Gasteiger partial charge in [0.1, 0.15) is 5.00 Å². The minimum atomic E-state index is 0.681. The number of anilines is 2. The van der Waals surface area contributed by atoms with Crippen molar-refractivity contribution in [2.45, 2.75) is 31.7 Å². The molecule has 0 amide bonds. The summed E-state index contributed by atoms with van der Waals surface area (Å²) in [6.07, 6.45) is 7.33. The van der Waals surface area contributed by atoms with E-state index in [1.54, 1.807) is 17.5 Å². The van der Waals surface area contributed by atoms with Crippen molar-refractivity contribution in [2.75, 3.05) is 11.1 Å². The molecule has 0 saturated heterocycles. The van der Waals surface area contributed by atoms with Crippen molar-refractivity contribution in [3.05, 3.63) is 6.20 Å². The SMILES string of the molecule is Nc1cnc(NC(C2CC2)C2CC2)s1. The van der Waals surface area contributed by atoms with Crippen molar-refractivity contribution < 1.29 is 0 Å². The van der Waals surface area contributed by atoms with Gasteiger partial charge in [-0.3, -0.25) is 0 Å². The van der Waals surface area contributed by atoms with Gasteiger partial charge in [0.2, 0.25) is 0 Å². The number of nitrogens with zero attached hydrogens (tertiary/aromatic N) is 1. The van der Waals surface area contributed by atoms with Gasteiger partial charge in [-0.05, 0) is 37.5 Å². The van der Waals surface area contributed by atoms with Crippen molar-refractivity contribution in [1.82, 2.24) is 4.98 Å². The molecule has 0 bridgehead atoms. The summed E-state index contributed by atoms with van der Waals surface area (Å²) in [5.41, 5.74) is 5.65. The first kappa shape index (κ1) is 8.53. The highest BCUT2D eigenvalue weighted by atomic mass is 32.1. The molecule has 2 aliphatic rings. The molecule has 0 atom stereocenters. The normalized spacial score (nSPS) is 21.5. The Balaban J connectivity index is 1.68. The lowest BCUT2D eigenvalue weighted by Crippen LogP contribution is -2.23. The van der Waals surface area contributed by atoms with Crippen molar-refractivity contribution >= 4 is 21.5 Å².